The largest absolute Gasteiger partial charge is 0.497 e. The fraction of sp³-hybridized carbons (Fsp3) is 0.381. The first-order valence-corrected chi connectivity index (χ1v) is 11.4. The molecule has 4 rings (SSSR count). The van der Waals surface area contributed by atoms with Crippen molar-refractivity contribution in [3.63, 3.8) is 0 Å². The molecule has 30 heavy (non-hydrogen) atoms. The normalized spacial score (nSPS) is 17.7. The molecule has 8 nitrogen and oxygen atoms in total. The van der Waals surface area contributed by atoms with Crippen LogP contribution in [0, 0.1) is 5.92 Å². The summed E-state index contributed by atoms with van der Waals surface area (Å²) in [5.41, 5.74) is 0.783. The SMILES string of the molecule is COc1ccc(S(=O)(=O)N2CCCC(CCc3noc(-c4cccnc4)n3)C2)cc1. The molecule has 9 heteroatoms. The van der Waals surface area contributed by atoms with Crippen LogP contribution in [0.1, 0.15) is 25.1 Å². The van der Waals surface area contributed by atoms with Gasteiger partial charge in [-0.3, -0.25) is 4.98 Å². The molecule has 1 unspecified atom stereocenters. The second-order valence-electron chi connectivity index (χ2n) is 7.34. The van der Waals surface area contributed by atoms with Crippen molar-refractivity contribution in [2.24, 2.45) is 5.92 Å². The van der Waals surface area contributed by atoms with Gasteiger partial charge in [0.05, 0.1) is 17.6 Å². The number of pyridine rings is 1. The summed E-state index contributed by atoms with van der Waals surface area (Å²) >= 11 is 0. The topological polar surface area (TPSA) is 98.4 Å². The van der Waals surface area contributed by atoms with Crippen LogP contribution in [0.5, 0.6) is 5.75 Å². The smallest absolute Gasteiger partial charge is 0.259 e. The summed E-state index contributed by atoms with van der Waals surface area (Å²) in [6.07, 6.45) is 6.65. The van der Waals surface area contributed by atoms with E-state index in [1.807, 2.05) is 12.1 Å². The lowest BCUT2D eigenvalue weighted by Crippen LogP contribution is -2.40. The van der Waals surface area contributed by atoms with E-state index in [1.165, 1.54) is 0 Å². The number of aryl methyl sites for hydroxylation is 1. The lowest BCUT2D eigenvalue weighted by molar-refractivity contribution is 0.254. The van der Waals surface area contributed by atoms with Crippen LogP contribution in [-0.2, 0) is 16.4 Å². The standard InChI is InChI=1S/C21H24N4O4S/c1-28-18-7-9-19(10-8-18)30(26,27)25-13-3-4-16(15-25)6-11-20-23-21(29-24-20)17-5-2-12-22-14-17/h2,5,7-10,12,14,16H,3-4,6,11,13,15H2,1H3. The van der Waals surface area contributed by atoms with E-state index in [9.17, 15) is 8.42 Å². The molecule has 1 atom stereocenters. The van der Waals surface area contributed by atoms with Crippen LogP contribution in [0.3, 0.4) is 0 Å². The predicted octanol–water partition coefficient (Wildman–Crippen LogP) is 3.17. The summed E-state index contributed by atoms with van der Waals surface area (Å²) in [5.74, 6) is 1.97. The van der Waals surface area contributed by atoms with E-state index in [1.54, 1.807) is 48.1 Å². The molecule has 0 radical (unpaired) electrons. The van der Waals surface area contributed by atoms with E-state index in [-0.39, 0.29) is 5.92 Å². The number of sulfonamides is 1. The van der Waals surface area contributed by atoms with Crippen molar-refractivity contribution < 1.29 is 17.7 Å². The Morgan fingerprint density at radius 2 is 2.07 bits per heavy atom. The Kier molecular flexibility index (Phi) is 6.10. The summed E-state index contributed by atoms with van der Waals surface area (Å²) < 4.78 is 38.0. The number of rotatable bonds is 7. The molecule has 2 aromatic heterocycles. The number of hydrogen-bond acceptors (Lipinski definition) is 7. The number of methoxy groups -OCH3 is 1. The van der Waals surface area contributed by atoms with Crippen molar-refractivity contribution in [1.29, 1.82) is 0 Å². The van der Waals surface area contributed by atoms with Gasteiger partial charge in [-0.25, -0.2) is 8.42 Å². The second-order valence-corrected chi connectivity index (χ2v) is 9.28. The summed E-state index contributed by atoms with van der Waals surface area (Å²) in [4.78, 5) is 8.79. The fourth-order valence-corrected chi connectivity index (χ4v) is 5.23. The number of hydrogen-bond donors (Lipinski definition) is 0. The van der Waals surface area contributed by atoms with E-state index in [2.05, 4.69) is 15.1 Å². The zero-order chi connectivity index (χ0) is 21.0. The lowest BCUT2D eigenvalue weighted by atomic mass is 9.94. The van der Waals surface area contributed by atoms with Gasteiger partial charge in [0.25, 0.3) is 5.89 Å². The molecule has 0 amide bonds. The highest BCUT2D eigenvalue weighted by Crippen LogP contribution is 2.27. The first kappa shape index (κ1) is 20.5. The van der Waals surface area contributed by atoms with E-state index in [0.29, 0.717) is 41.9 Å². The minimum Gasteiger partial charge on any atom is -0.497 e. The van der Waals surface area contributed by atoms with Gasteiger partial charge in [-0.1, -0.05) is 5.16 Å². The Morgan fingerprint density at radius 3 is 2.80 bits per heavy atom. The second kappa shape index (κ2) is 8.93. The van der Waals surface area contributed by atoms with Gasteiger partial charge in [-0.05, 0) is 61.6 Å². The molecule has 158 valence electrons. The van der Waals surface area contributed by atoms with Crippen molar-refractivity contribution in [2.75, 3.05) is 20.2 Å². The zero-order valence-electron chi connectivity index (χ0n) is 16.8. The molecule has 0 bridgehead atoms. The molecule has 1 aliphatic rings. The Bertz CT molecular complexity index is 1070. The van der Waals surface area contributed by atoms with Crippen LogP contribution in [0.4, 0.5) is 0 Å². The average molecular weight is 429 g/mol. The van der Waals surface area contributed by atoms with Gasteiger partial charge >= 0.3 is 0 Å². The van der Waals surface area contributed by atoms with E-state index < -0.39 is 10.0 Å². The number of piperidine rings is 1. The molecule has 0 spiro atoms. The van der Waals surface area contributed by atoms with Crippen LogP contribution in [0.2, 0.25) is 0 Å². The third-order valence-corrected chi connectivity index (χ3v) is 7.21. The first-order chi connectivity index (χ1) is 14.6. The molecule has 1 saturated heterocycles. The van der Waals surface area contributed by atoms with Crippen molar-refractivity contribution >= 4 is 10.0 Å². The predicted molar refractivity (Wildman–Crippen MR) is 110 cm³/mol. The van der Waals surface area contributed by atoms with Crippen LogP contribution >= 0.6 is 0 Å². The van der Waals surface area contributed by atoms with Gasteiger partial charge in [-0.2, -0.15) is 9.29 Å². The third-order valence-electron chi connectivity index (χ3n) is 5.33. The van der Waals surface area contributed by atoms with Gasteiger partial charge in [0.2, 0.25) is 10.0 Å². The van der Waals surface area contributed by atoms with E-state index in [4.69, 9.17) is 9.26 Å². The Labute approximate surface area is 175 Å². The maximum absolute atomic E-state index is 13.0. The number of nitrogens with zero attached hydrogens (tertiary/aromatic N) is 4. The van der Waals surface area contributed by atoms with Crippen LogP contribution in [-0.4, -0.2) is 48.0 Å². The fourth-order valence-electron chi connectivity index (χ4n) is 3.67. The van der Waals surface area contributed by atoms with Crippen molar-refractivity contribution in [3.8, 4) is 17.2 Å². The van der Waals surface area contributed by atoms with Gasteiger partial charge in [0.15, 0.2) is 5.82 Å². The summed E-state index contributed by atoms with van der Waals surface area (Å²) in [6.45, 7) is 1.04. The average Bonchev–Trinajstić information content (AvgIpc) is 3.28. The van der Waals surface area contributed by atoms with Gasteiger partial charge in [0, 0.05) is 31.9 Å². The van der Waals surface area contributed by atoms with Gasteiger partial charge in [-0.15, -0.1) is 0 Å². The Hall–Kier alpha value is -2.78. The minimum atomic E-state index is -3.51. The molecule has 0 saturated carbocycles. The highest BCUT2D eigenvalue weighted by molar-refractivity contribution is 7.89. The van der Waals surface area contributed by atoms with E-state index in [0.717, 1.165) is 24.8 Å². The molecule has 1 aromatic carbocycles. The number of aromatic nitrogens is 3. The minimum absolute atomic E-state index is 0.257. The maximum Gasteiger partial charge on any atom is 0.259 e. The quantitative estimate of drug-likeness (QED) is 0.570. The van der Waals surface area contributed by atoms with E-state index >= 15 is 0 Å². The molecule has 0 aliphatic carbocycles. The zero-order valence-corrected chi connectivity index (χ0v) is 17.6. The number of ether oxygens (including phenoxy) is 1. The van der Waals surface area contributed by atoms with Crippen LogP contribution in [0.25, 0.3) is 11.5 Å². The highest BCUT2D eigenvalue weighted by atomic mass is 32.2. The molecule has 3 heterocycles. The Balaban J connectivity index is 1.38. The van der Waals surface area contributed by atoms with Crippen molar-refractivity contribution in [3.05, 3.63) is 54.6 Å². The monoisotopic (exact) mass is 428 g/mol. The van der Waals surface area contributed by atoms with Crippen LogP contribution < -0.4 is 4.74 Å². The molecule has 1 aliphatic heterocycles. The maximum atomic E-state index is 13.0. The number of benzene rings is 1. The highest BCUT2D eigenvalue weighted by Gasteiger charge is 2.30. The molecule has 3 aromatic rings. The lowest BCUT2D eigenvalue weighted by Gasteiger charge is -2.31. The van der Waals surface area contributed by atoms with Crippen molar-refractivity contribution in [1.82, 2.24) is 19.4 Å². The summed E-state index contributed by atoms with van der Waals surface area (Å²) in [7, 11) is -1.96. The Morgan fingerprint density at radius 1 is 1.23 bits per heavy atom. The van der Waals surface area contributed by atoms with Crippen molar-refractivity contribution in [2.45, 2.75) is 30.6 Å². The summed E-state index contributed by atoms with van der Waals surface area (Å²) in [5, 5.41) is 4.05. The van der Waals surface area contributed by atoms with Gasteiger partial charge in [0.1, 0.15) is 5.75 Å². The summed E-state index contributed by atoms with van der Waals surface area (Å²) in [6, 6.07) is 10.2. The molecular formula is C21H24N4O4S. The first-order valence-electron chi connectivity index (χ1n) is 9.93. The molecule has 1 fully saturated rings. The molecular weight excluding hydrogens is 404 g/mol. The van der Waals surface area contributed by atoms with Crippen LogP contribution in [0.15, 0.2) is 58.2 Å². The van der Waals surface area contributed by atoms with Gasteiger partial charge < -0.3 is 9.26 Å². The molecule has 0 N–H and O–H groups in total. The third kappa shape index (κ3) is 4.52.